The maximum Gasteiger partial charge on any atom is 0.415 e. The zero-order valence-electron chi connectivity index (χ0n) is 21.2. The molecular weight excluding hydrogens is 510 g/mol. The summed E-state index contributed by atoms with van der Waals surface area (Å²) in [6.45, 7) is 2.52. The van der Waals surface area contributed by atoms with E-state index in [0.29, 0.717) is 25.0 Å². The van der Waals surface area contributed by atoms with Gasteiger partial charge in [-0.3, -0.25) is 0 Å². The number of hydrogen-bond acceptors (Lipinski definition) is 5. The van der Waals surface area contributed by atoms with E-state index in [1.165, 1.54) is 17.0 Å². The van der Waals surface area contributed by atoms with Gasteiger partial charge in [-0.1, -0.05) is 25.0 Å². The van der Waals surface area contributed by atoms with Crippen LogP contribution in [0, 0.1) is 5.82 Å². The summed E-state index contributed by atoms with van der Waals surface area (Å²) >= 11 is 0. The molecule has 0 saturated heterocycles. The molecule has 2 aromatic rings. The highest BCUT2D eigenvalue weighted by Gasteiger charge is 2.25. The minimum Gasteiger partial charge on any atom is -0.492 e. The number of hydrogen-bond donors (Lipinski definition) is 1. The summed E-state index contributed by atoms with van der Waals surface area (Å²) in [6, 6.07) is 11.8. The van der Waals surface area contributed by atoms with Crippen molar-refractivity contribution >= 4 is 12.1 Å². The van der Waals surface area contributed by atoms with Gasteiger partial charge in [-0.05, 0) is 61.7 Å². The Labute approximate surface area is 219 Å². The van der Waals surface area contributed by atoms with Crippen molar-refractivity contribution in [3.8, 4) is 11.5 Å². The molecule has 0 aliphatic heterocycles. The Bertz CT molecular complexity index is 983. The number of ether oxygens (including phenoxy) is 3. The average molecular weight is 544 g/mol. The van der Waals surface area contributed by atoms with E-state index in [1.807, 2.05) is 0 Å². The first-order valence-electron chi connectivity index (χ1n) is 12.4. The van der Waals surface area contributed by atoms with Crippen molar-refractivity contribution in [2.45, 2.75) is 57.7 Å². The lowest BCUT2D eigenvalue weighted by Gasteiger charge is -2.22. The first-order chi connectivity index (χ1) is 18.1. The number of aliphatic carboxylic acids is 1. The Kier molecular flexibility index (Phi) is 12.8. The van der Waals surface area contributed by atoms with Gasteiger partial charge in [-0.2, -0.15) is 13.2 Å². The monoisotopic (exact) mass is 543 g/mol. The van der Waals surface area contributed by atoms with Gasteiger partial charge in [0.15, 0.2) is 6.10 Å². The van der Waals surface area contributed by atoms with E-state index in [2.05, 4.69) is 0 Å². The van der Waals surface area contributed by atoms with E-state index < -0.39 is 36.6 Å². The van der Waals surface area contributed by atoms with Gasteiger partial charge in [0.1, 0.15) is 23.9 Å². The number of halogens is 4. The largest absolute Gasteiger partial charge is 0.492 e. The molecule has 0 aliphatic rings. The maximum atomic E-state index is 13.1. The van der Waals surface area contributed by atoms with Gasteiger partial charge in [0.25, 0.3) is 0 Å². The van der Waals surface area contributed by atoms with E-state index in [-0.39, 0.29) is 44.9 Å². The maximum absolute atomic E-state index is 13.1. The third kappa shape index (κ3) is 12.3. The second-order valence-electron chi connectivity index (χ2n) is 8.57. The Hall–Kier alpha value is -3.34. The van der Waals surface area contributed by atoms with Crippen LogP contribution in [0.3, 0.4) is 0 Å². The predicted molar refractivity (Wildman–Crippen MR) is 132 cm³/mol. The number of carbonyl (C=O) groups excluding carboxylic acids is 1. The van der Waals surface area contributed by atoms with Crippen LogP contribution in [0.25, 0.3) is 0 Å². The van der Waals surface area contributed by atoms with Gasteiger partial charge in [0.2, 0.25) is 0 Å². The zero-order valence-corrected chi connectivity index (χ0v) is 21.2. The minimum absolute atomic E-state index is 0.0282. The molecule has 2 aromatic carbocycles. The normalized spacial score (nSPS) is 12.1. The quantitative estimate of drug-likeness (QED) is 0.199. The molecule has 0 fully saturated rings. The van der Waals surface area contributed by atoms with Crippen LogP contribution in [0.2, 0.25) is 0 Å². The third-order valence-corrected chi connectivity index (χ3v) is 5.53. The van der Waals surface area contributed by atoms with E-state index in [9.17, 15) is 32.3 Å². The highest BCUT2D eigenvalue weighted by atomic mass is 19.4. The molecule has 1 unspecified atom stereocenters. The number of unbranched alkanes of at least 4 members (excludes halogenated alkanes) is 3. The number of carbonyl (C=O) groups is 2. The van der Waals surface area contributed by atoms with Crippen LogP contribution in [0.4, 0.5) is 22.4 Å². The Morgan fingerprint density at radius 3 is 2.16 bits per heavy atom. The molecule has 0 aromatic heterocycles. The predicted octanol–water partition coefficient (Wildman–Crippen LogP) is 6.25. The standard InChI is InChI=1S/C27H33F4NO6/c1-2-36-24(25(33)34)19-20-7-11-22(12-8-20)37-18-17-32(16-6-4-3-5-15-27(29,30)31)26(35)38-23-13-9-21(28)10-14-23/h7-14,24H,2-6,15-19H2,1H3,(H,33,34). The minimum atomic E-state index is -4.18. The third-order valence-electron chi connectivity index (χ3n) is 5.53. The SMILES string of the molecule is CCOC(Cc1ccc(OCCN(CCCCCCC(F)(F)F)C(=O)Oc2ccc(F)cc2)cc1)C(=O)O. The summed E-state index contributed by atoms with van der Waals surface area (Å²) in [5, 5.41) is 9.22. The van der Waals surface area contributed by atoms with Gasteiger partial charge < -0.3 is 24.2 Å². The second-order valence-corrected chi connectivity index (χ2v) is 8.57. The summed E-state index contributed by atoms with van der Waals surface area (Å²) in [4.78, 5) is 25.3. The van der Waals surface area contributed by atoms with Gasteiger partial charge in [-0.25, -0.2) is 14.0 Å². The molecule has 1 atom stereocenters. The van der Waals surface area contributed by atoms with Crippen molar-refractivity contribution in [1.29, 1.82) is 0 Å². The van der Waals surface area contributed by atoms with Crippen molar-refractivity contribution in [3.05, 3.63) is 59.9 Å². The first-order valence-corrected chi connectivity index (χ1v) is 12.4. The number of amides is 1. The summed E-state index contributed by atoms with van der Waals surface area (Å²) in [7, 11) is 0. The molecule has 0 bridgehead atoms. The molecule has 38 heavy (non-hydrogen) atoms. The van der Waals surface area contributed by atoms with Crippen molar-refractivity contribution in [2.75, 3.05) is 26.3 Å². The lowest BCUT2D eigenvalue weighted by atomic mass is 10.1. The number of nitrogens with zero attached hydrogens (tertiary/aromatic N) is 1. The van der Waals surface area contributed by atoms with E-state index in [1.54, 1.807) is 31.2 Å². The Balaban J connectivity index is 1.89. The smallest absolute Gasteiger partial charge is 0.415 e. The molecule has 0 radical (unpaired) electrons. The van der Waals surface area contributed by atoms with E-state index in [0.717, 1.165) is 17.7 Å². The molecule has 1 amide bonds. The first kappa shape index (κ1) is 30.9. The zero-order chi connectivity index (χ0) is 28.0. The van der Waals surface area contributed by atoms with Gasteiger partial charge >= 0.3 is 18.2 Å². The Morgan fingerprint density at radius 1 is 0.921 bits per heavy atom. The van der Waals surface area contributed by atoms with E-state index >= 15 is 0 Å². The molecule has 7 nitrogen and oxygen atoms in total. The summed E-state index contributed by atoms with van der Waals surface area (Å²) in [6.07, 6.45) is -5.03. The van der Waals surface area contributed by atoms with Crippen molar-refractivity contribution in [2.24, 2.45) is 0 Å². The van der Waals surface area contributed by atoms with Gasteiger partial charge in [0.05, 0.1) is 6.54 Å². The molecule has 1 N–H and O–H groups in total. The average Bonchev–Trinajstić information content (AvgIpc) is 2.86. The molecule has 0 aliphatic carbocycles. The number of benzene rings is 2. The van der Waals surface area contributed by atoms with Crippen LogP contribution >= 0.6 is 0 Å². The summed E-state index contributed by atoms with van der Waals surface area (Å²) in [5.41, 5.74) is 0.758. The molecular formula is C27H33F4NO6. The number of rotatable bonds is 16. The Morgan fingerprint density at radius 2 is 1.55 bits per heavy atom. The molecule has 210 valence electrons. The fraction of sp³-hybridized carbons (Fsp3) is 0.481. The van der Waals surface area contributed by atoms with Crippen LogP contribution < -0.4 is 9.47 Å². The lowest BCUT2D eigenvalue weighted by Crippen LogP contribution is -2.37. The molecule has 0 spiro atoms. The molecule has 0 saturated carbocycles. The molecule has 11 heteroatoms. The topological polar surface area (TPSA) is 85.3 Å². The lowest BCUT2D eigenvalue weighted by molar-refractivity contribution is -0.150. The van der Waals surface area contributed by atoms with Crippen LogP contribution in [0.5, 0.6) is 11.5 Å². The molecule has 0 heterocycles. The number of alkyl halides is 3. The number of carboxylic acids is 1. The highest BCUT2D eigenvalue weighted by molar-refractivity contribution is 5.72. The van der Waals surface area contributed by atoms with Gasteiger partial charge in [0, 0.05) is 26.0 Å². The fourth-order valence-corrected chi connectivity index (χ4v) is 3.57. The fourth-order valence-electron chi connectivity index (χ4n) is 3.57. The van der Waals surface area contributed by atoms with Crippen LogP contribution in [0.1, 0.15) is 44.6 Å². The van der Waals surface area contributed by atoms with E-state index in [4.69, 9.17) is 14.2 Å². The summed E-state index contributed by atoms with van der Waals surface area (Å²) < 4.78 is 66.3. The van der Waals surface area contributed by atoms with Crippen LogP contribution in [-0.2, 0) is 16.0 Å². The van der Waals surface area contributed by atoms with Crippen molar-refractivity contribution in [3.63, 3.8) is 0 Å². The molecule has 2 rings (SSSR count). The summed E-state index contributed by atoms with van der Waals surface area (Å²) in [5.74, 6) is -0.845. The van der Waals surface area contributed by atoms with Gasteiger partial charge in [-0.15, -0.1) is 0 Å². The highest BCUT2D eigenvalue weighted by Crippen LogP contribution is 2.23. The van der Waals surface area contributed by atoms with Crippen LogP contribution in [0.15, 0.2) is 48.5 Å². The van der Waals surface area contributed by atoms with Crippen LogP contribution in [-0.4, -0.2) is 60.7 Å². The van der Waals surface area contributed by atoms with Crippen molar-refractivity contribution in [1.82, 2.24) is 4.90 Å². The van der Waals surface area contributed by atoms with Crippen molar-refractivity contribution < 1.29 is 46.5 Å². The number of carboxylic acid groups (broad SMARTS) is 1. The second kappa shape index (κ2) is 15.8.